The van der Waals surface area contributed by atoms with Crippen LogP contribution < -0.4 is 5.32 Å². The number of nitrogens with zero attached hydrogens (tertiary/aromatic N) is 1. The molecule has 1 aromatic rings. The number of aromatic hydroxyl groups is 1. The average Bonchev–Trinajstić information content (AvgIpc) is 2.54. The Bertz CT molecular complexity index is 464. The Hall–Kier alpha value is -1.55. The third-order valence-electron chi connectivity index (χ3n) is 4.67. The first-order valence-electron chi connectivity index (χ1n) is 8.43. The van der Waals surface area contributed by atoms with Gasteiger partial charge >= 0.3 is 0 Å². The van der Waals surface area contributed by atoms with Gasteiger partial charge in [0.2, 0.25) is 5.91 Å². The molecule has 0 unspecified atom stereocenters. The minimum Gasteiger partial charge on any atom is -0.508 e. The van der Waals surface area contributed by atoms with E-state index in [9.17, 15) is 9.90 Å². The highest BCUT2D eigenvalue weighted by Gasteiger charge is 2.21. The summed E-state index contributed by atoms with van der Waals surface area (Å²) in [6.07, 6.45) is 3.73. The molecule has 0 saturated carbocycles. The molecule has 0 aliphatic carbocycles. The summed E-state index contributed by atoms with van der Waals surface area (Å²) in [5.41, 5.74) is 1.05. The Morgan fingerprint density at radius 3 is 2.45 bits per heavy atom. The van der Waals surface area contributed by atoms with E-state index in [0.29, 0.717) is 12.3 Å². The number of rotatable bonds is 6. The molecule has 4 nitrogen and oxygen atoms in total. The molecule has 1 aromatic carbocycles. The Morgan fingerprint density at radius 1 is 1.27 bits per heavy atom. The molecule has 22 heavy (non-hydrogen) atoms. The highest BCUT2D eigenvalue weighted by molar-refractivity contribution is 5.76. The molecule has 4 heteroatoms. The number of piperidine rings is 1. The van der Waals surface area contributed by atoms with Crippen molar-refractivity contribution in [3.63, 3.8) is 0 Å². The van der Waals surface area contributed by atoms with Gasteiger partial charge in [0.1, 0.15) is 5.75 Å². The van der Waals surface area contributed by atoms with Gasteiger partial charge in [-0.3, -0.25) is 4.79 Å². The van der Waals surface area contributed by atoms with Crippen LogP contribution in [0.15, 0.2) is 24.3 Å². The lowest BCUT2D eigenvalue weighted by molar-refractivity contribution is -0.123. The van der Waals surface area contributed by atoms with E-state index in [-0.39, 0.29) is 17.7 Å². The van der Waals surface area contributed by atoms with Crippen molar-refractivity contribution < 1.29 is 9.90 Å². The summed E-state index contributed by atoms with van der Waals surface area (Å²) >= 11 is 0. The highest BCUT2D eigenvalue weighted by atomic mass is 16.3. The van der Waals surface area contributed by atoms with Gasteiger partial charge < -0.3 is 15.3 Å². The van der Waals surface area contributed by atoms with Crippen LogP contribution in [0, 0.1) is 5.92 Å². The fraction of sp³-hybridized carbons (Fsp3) is 0.611. The number of likely N-dealkylation sites (tertiary alicyclic amines) is 1. The number of carbonyl (C=O) groups is 1. The number of hydrogen-bond acceptors (Lipinski definition) is 3. The van der Waals surface area contributed by atoms with Crippen LogP contribution in [0.2, 0.25) is 0 Å². The van der Waals surface area contributed by atoms with Crippen molar-refractivity contribution in [2.24, 2.45) is 5.92 Å². The largest absolute Gasteiger partial charge is 0.508 e. The monoisotopic (exact) mass is 304 g/mol. The van der Waals surface area contributed by atoms with Crippen molar-refractivity contribution in [1.82, 2.24) is 10.2 Å². The van der Waals surface area contributed by atoms with Crippen LogP contribution in [0.5, 0.6) is 5.75 Å². The van der Waals surface area contributed by atoms with Crippen LogP contribution in [-0.4, -0.2) is 35.5 Å². The van der Waals surface area contributed by atoms with Gasteiger partial charge in [0.05, 0.1) is 6.04 Å². The van der Waals surface area contributed by atoms with Crippen molar-refractivity contribution in [3.8, 4) is 5.75 Å². The van der Waals surface area contributed by atoms with E-state index in [1.807, 2.05) is 12.1 Å². The molecule has 0 radical (unpaired) electrons. The zero-order valence-electron chi connectivity index (χ0n) is 13.7. The van der Waals surface area contributed by atoms with Crippen molar-refractivity contribution >= 4 is 5.91 Å². The van der Waals surface area contributed by atoms with Gasteiger partial charge in [-0.15, -0.1) is 0 Å². The molecule has 122 valence electrons. The van der Waals surface area contributed by atoms with Crippen LogP contribution in [-0.2, 0) is 4.79 Å². The van der Waals surface area contributed by atoms with Gasteiger partial charge in [0, 0.05) is 6.42 Å². The molecule has 0 aromatic heterocycles. The third kappa shape index (κ3) is 4.73. The van der Waals surface area contributed by atoms with Gasteiger partial charge in [-0.1, -0.05) is 26.0 Å². The zero-order chi connectivity index (χ0) is 15.9. The van der Waals surface area contributed by atoms with Crippen molar-refractivity contribution in [3.05, 3.63) is 29.8 Å². The second-order valence-corrected chi connectivity index (χ2v) is 6.20. The third-order valence-corrected chi connectivity index (χ3v) is 4.67. The summed E-state index contributed by atoms with van der Waals surface area (Å²) in [5, 5.41) is 12.5. The summed E-state index contributed by atoms with van der Waals surface area (Å²) in [4.78, 5) is 14.7. The van der Waals surface area contributed by atoms with Crippen LogP contribution in [0.3, 0.4) is 0 Å². The van der Waals surface area contributed by atoms with E-state index in [1.165, 1.54) is 0 Å². The van der Waals surface area contributed by atoms with E-state index in [4.69, 9.17) is 0 Å². The van der Waals surface area contributed by atoms with E-state index >= 15 is 0 Å². The van der Waals surface area contributed by atoms with Crippen LogP contribution >= 0.6 is 0 Å². The standard InChI is InChI=1S/C18H28N2O2/c1-3-17(15-5-7-16(21)8-6-15)19-18(22)13-14-9-11-20(4-2)12-10-14/h5-8,14,17,21H,3-4,9-13H2,1-2H3,(H,19,22)/t17-/m1/s1. The van der Waals surface area contributed by atoms with E-state index in [1.54, 1.807) is 12.1 Å². The highest BCUT2D eigenvalue weighted by Crippen LogP contribution is 2.23. The maximum atomic E-state index is 12.3. The summed E-state index contributed by atoms with van der Waals surface area (Å²) in [5.74, 6) is 0.919. The molecule has 1 saturated heterocycles. The topological polar surface area (TPSA) is 52.6 Å². The molecule has 1 aliphatic heterocycles. The second kappa shape index (κ2) is 8.18. The van der Waals surface area contributed by atoms with Gasteiger partial charge in [0.25, 0.3) is 0 Å². The lowest BCUT2D eigenvalue weighted by atomic mass is 9.93. The van der Waals surface area contributed by atoms with Crippen molar-refractivity contribution in [1.29, 1.82) is 0 Å². The number of carbonyl (C=O) groups excluding carboxylic acids is 1. The lowest BCUT2D eigenvalue weighted by Gasteiger charge is -2.31. The second-order valence-electron chi connectivity index (χ2n) is 6.20. The number of phenols is 1. The van der Waals surface area contributed by atoms with Gasteiger partial charge in [-0.25, -0.2) is 0 Å². The predicted molar refractivity (Wildman–Crippen MR) is 88.7 cm³/mol. The molecule has 1 heterocycles. The molecular weight excluding hydrogens is 276 g/mol. The first-order valence-corrected chi connectivity index (χ1v) is 8.43. The lowest BCUT2D eigenvalue weighted by Crippen LogP contribution is -2.36. The van der Waals surface area contributed by atoms with Crippen LogP contribution in [0.25, 0.3) is 0 Å². The van der Waals surface area contributed by atoms with Crippen LogP contribution in [0.1, 0.15) is 51.1 Å². The molecule has 2 N–H and O–H groups in total. The Morgan fingerprint density at radius 2 is 1.91 bits per heavy atom. The van der Waals surface area contributed by atoms with Gasteiger partial charge in [-0.05, 0) is 62.5 Å². The zero-order valence-corrected chi connectivity index (χ0v) is 13.7. The summed E-state index contributed by atoms with van der Waals surface area (Å²) in [7, 11) is 0. The Labute approximate surface area is 133 Å². The smallest absolute Gasteiger partial charge is 0.220 e. The predicted octanol–water partition coefficient (Wildman–Crippen LogP) is 3.08. The van der Waals surface area contributed by atoms with Gasteiger partial charge in [0.15, 0.2) is 0 Å². The molecule has 0 spiro atoms. The number of phenolic OH excluding ortho intramolecular Hbond substituents is 1. The number of nitrogens with one attached hydrogen (secondary N) is 1. The molecule has 0 bridgehead atoms. The SMILES string of the molecule is CC[C@@H](NC(=O)CC1CCN(CC)CC1)c1ccc(O)cc1. The van der Waals surface area contributed by atoms with Crippen molar-refractivity contribution in [2.75, 3.05) is 19.6 Å². The first-order chi connectivity index (χ1) is 10.6. The average molecular weight is 304 g/mol. The van der Waals surface area contributed by atoms with Gasteiger partial charge in [-0.2, -0.15) is 0 Å². The van der Waals surface area contributed by atoms with Crippen LogP contribution in [0.4, 0.5) is 0 Å². The summed E-state index contributed by atoms with van der Waals surface area (Å²) in [6, 6.07) is 7.13. The molecular formula is C18H28N2O2. The van der Waals surface area contributed by atoms with E-state index in [0.717, 1.165) is 44.5 Å². The maximum absolute atomic E-state index is 12.3. The van der Waals surface area contributed by atoms with Crippen molar-refractivity contribution in [2.45, 2.75) is 45.6 Å². The number of hydrogen-bond donors (Lipinski definition) is 2. The first kappa shape index (κ1) is 16.8. The number of benzene rings is 1. The quantitative estimate of drug-likeness (QED) is 0.849. The Kier molecular flexibility index (Phi) is 6.25. The normalized spacial score (nSPS) is 18.1. The summed E-state index contributed by atoms with van der Waals surface area (Å²) < 4.78 is 0. The molecule has 1 fully saturated rings. The summed E-state index contributed by atoms with van der Waals surface area (Å²) in [6.45, 7) is 7.60. The molecule has 1 aliphatic rings. The molecule has 1 atom stereocenters. The minimum atomic E-state index is 0.0313. The minimum absolute atomic E-state index is 0.0313. The fourth-order valence-corrected chi connectivity index (χ4v) is 3.15. The van der Waals surface area contributed by atoms with E-state index in [2.05, 4.69) is 24.1 Å². The molecule has 1 amide bonds. The fourth-order valence-electron chi connectivity index (χ4n) is 3.15. The number of amides is 1. The maximum Gasteiger partial charge on any atom is 0.220 e. The van der Waals surface area contributed by atoms with E-state index < -0.39 is 0 Å². The molecule has 2 rings (SSSR count). The Balaban J connectivity index is 1.83.